The predicted octanol–water partition coefficient (Wildman–Crippen LogP) is -0.115. The summed E-state index contributed by atoms with van der Waals surface area (Å²) in [6.07, 6.45) is 1.13. The average Bonchev–Trinajstić information content (AvgIpc) is 3.08. The number of ether oxygens (including phenoxy) is 4. The van der Waals surface area contributed by atoms with Crippen LogP contribution in [-0.2, 0) is 42.0 Å². The van der Waals surface area contributed by atoms with E-state index in [9.17, 15) is 14.4 Å². The summed E-state index contributed by atoms with van der Waals surface area (Å²) >= 11 is 0. The van der Waals surface area contributed by atoms with E-state index in [1.807, 2.05) is 18.2 Å². The number of nitrogens with zero attached hydrogens (tertiary/aromatic N) is 2. The zero-order valence-electron chi connectivity index (χ0n) is 19.6. The van der Waals surface area contributed by atoms with Gasteiger partial charge in [-0.1, -0.05) is 12.1 Å². The maximum atomic E-state index is 12.9. The maximum absolute atomic E-state index is 12.9. The van der Waals surface area contributed by atoms with Crippen molar-refractivity contribution in [2.45, 2.75) is 25.3 Å². The van der Waals surface area contributed by atoms with Gasteiger partial charge in [-0.2, -0.15) is 0 Å². The Morgan fingerprint density at radius 1 is 0.941 bits per heavy atom. The molecule has 34 heavy (non-hydrogen) atoms. The van der Waals surface area contributed by atoms with E-state index in [2.05, 4.69) is 5.32 Å². The number of piperidine rings is 1. The standard InChI is InChI=1S/C23H34N4O7/c1-26-21-17(7-9-31-11-13-33-15-16-34-14-12-32-10-8-24)3-2-4-18(21)27(23(26)30)19-5-6-20(28)25-22(19)29/h2-4,19H,5-16,24H2,1H3,(H,25,28,29). The number of fused-ring (bicyclic) bond motifs is 1. The van der Waals surface area contributed by atoms with Gasteiger partial charge in [-0.15, -0.1) is 0 Å². The van der Waals surface area contributed by atoms with Gasteiger partial charge in [-0.25, -0.2) is 4.79 Å². The number of carbonyl (C=O) groups is 2. The van der Waals surface area contributed by atoms with Crippen LogP contribution in [0.25, 0.3) is 11.0 Å². The Labute approximate surface area is 198 Å². The van der Waals surface area contributed by atoms with E-state index in [0.29, 0.717) is 77.8 Å². The average molecular weight is 479 g/mol. The summed E-state index contributed by atoms with van der Waals surface area (Å²) in [6.45, 7) is 4.43. The molecule has 0 spiro atoms. The number of hydrogen-bond acceptors (Lipinski definition) is 8. The molecule has 1 unspecified atom stereocenters. The topological polar surface area (TPSA) is 136 Å². The summed E-state index contributed by atoms with van der Waals surface area (Å²) in [6, 6.07) is 4.94. The molecule has 1 aliphatic rings. The van der Waals surface area contributed by atoms with Gasteiger partial charge in [0.2, 0.25) is 11.8 Å². The molecule has 0 aliphatic carbocycles. The first kappa shape index (κ1) is 26.0. The van der Waals surface area contributed by atoms with Gasteiger partial charge in [0, 0.05) is 20.0 Å². The molecule has 0 saturated carbocycles. The first-order valence-corrected chi connectivity index (χ1v) is 11.6. The summed E-state index contributed by atoms with van der Waals surface area (Å²) in [7, 11) is 1.69. The van der Waals surface area contributed by atoms with E-state index in [0.717, 1.165) is 11.1 Å². The van der Waals surface area contributed by atoms with Gasteiger partial charge >= 0.3 is 5.69 Å². The molecule has 1 fully saturated rings. The molecular formula is C23H34N4O7. The minimum atomic E-state index is -0.694. The molecule has 11 heteroatoms. The van der Waals surface area contributed by atoms with Crippen molar-refractivity contribution in [1.82, 2.24) is 14.5 Å². The Bertz CT molecular complexity index is 1020. The number of para-hydroxylation sites is 1. The van der Waals surface area contributed by atoms with Crippen LogP contribution in [0.2, 0.25) is 0 Å². The number of amides is 2. The van der Waals surface area contributed by atoms with Crippen molar-refractivity contribution in [3.05, 3.63) is 34.2 Å². The van der Waals surface area contributed by atoms with Crippen LogP contribution in [0, 0.1) is 0 Å². The molecular weight excluding hydrogens is 444 g/mol. The molecule has 1 saturated heterocycles. The van der Waals surface area contributed by atoms with E-state index >= 15 is 0 Å². The molecule has 0 radical (unpaired) electrons. The highest BCUT2D eigenvalue weighted by molar-refractivity contribution is 6.00. The second-order valence-corrected chi connectivity index (χ2v) is 7.95. The lowest BCUT2D eigenvalue weighted by atomic mass is 10.1. The van der Waals surface area contributed by atoms with Crippen molar-refractivity contribution in [3.63, 3.8) is 0 Å². The minimum Gasteiger partial charge on any atom is -0.379 e. The lowest BCUT2D eigenvalue weighted by Crippen LogP contribution is -2.44. The first-order valence-electron chi connectivity index (χ1n) is 11.6. The summed E-state index contributed by atoms with van der Waals surface area (Å²) in [5.41, 5.74) is 7.45. The van der Waals surface area contributed by atoms with Crippen molar-refractivity contribution >= 4 is 22.8 Å². The number of nitrogens with one attached hydrogen (secondary N) is 1. The van der Waals surface area contributed by atoms with Crippen LogP contribution in [-0.4, -0.2) is 80.3 Å². The van der Waals surface area contributed by atoms with E-state index in [-0.39, 0.29) is 18.0 Å². The van der Waals surface area contributed by atoms with E-state index < -0.39 is 11.9 Å². The monoisotopic (exact) mass is 478 g/mol. The van der Waals surface area contributed by atoms with Gasteiger partial charge in [0.1, 0.15) is 6.04 Å². The smallest absolute Gasteiger partial charge is 0.329 e. The molecule has 1 aromatic heterocycles. The fraction of sp³-hybridized carbons (Fsp3) is 0.609. The Hall–Kier alpha value is -2.57. The number of aromatic nitrogens is 2. The van der Waals surface area contributed by atoms with E-state index in [1.165, 1.54) is 4.57 Å². The highest BCUT2D eigenvalue weighted by Crippen LogP contribution is 2.25. The van der Waals surface area contributed by atoms with Crippen molar-refractivity contribution in [3.8, 4) is 0 Å². The van der Waals surface area contributed by atoms with Crippen LogP contribution in [0.4, 0.5) is 0 Å². The molecule has 1 atom stereocenters. The maximum Gasteiger partial charge on any atom is 0.329 e. The second-order valence-electron chi connectivity index (χ2n) is 7.95. The molecule has 11 nitrogen and oxygen atoms in total. The summed E-state index contributed by atoms with van der Waals surface area (Å²) in [5, 5.41) is 2.33. The number of aryl methyl sites for hydroxylation is 1. The molecule has 3 N–H and O–H groups in total. The zero-order chi connectivity index (χ0) is 24.3. The van der Waals surface area contributed by atoms with Crippen molar-refractivity contribution in [2.75, 3.05) is 59.4 Å². The first-order chi connectivity index (χ1) is 16.5. The molecule has 1 aliphatic heterocycles. The number of rotatable bonds is 15. The zero-order valence-corrected chi connectivity index (χ0v) is 19.6. The Kier molecular flexibility index (Phi) is 10.2. The number of carbonyl (C=O) groups excluding carboxylic acids is 2. The molecule has 1 aromatic carbocycles. The Morgan fingerprint density at radius 2 is 1.56 bits per heavy atom. The highest BCUT2D eigenvalue weighted by atomic mass is 16.6. The van der Waals surface area contributed by atoms with Crippen LogP contribution in [0.5, 0.6) is 0 Å². The molecule has 0 bridgehead atoms. The molecule has 2 aromatic rings. The van der Waals surface area contributed by atoms with Gasteiger partial charge in [0.15, 0.2) is 0 Å². The number of benzene rings is 1. The Morgan fingerprint density at radius 3 is 2.18 bits per heavy atom. The SMILES string of the molecule is Cn1c(=O)n(C2CCC(=O)NC2=O)c2cccc(CCOCCOCCOCCOCCN)c21. The molecule has 188 valence electrons. The van der Waals surface area contributed by atoms with Crippen molar-refractivity contribution in [2.24, 2.45) is 12.8 Å². The van der Waals surface area contributed by atoms with Crippen molar-refractivity contribution in [1.29, 1.82) is 0 Å². The molecule has 2 amide bonds. The van der Waals surface area contributed by atoms with Crippen LogP contribution < -0.4 is 16.7 Å². The Balaban J connectivity index is 1.45. The highest BCUT2D eigenvalue weighted by Gasteiger charge is 2.31. The quantitative estimate of drug-likeness (QED) is 0.267. The number of hydrogen-bond donors (Lipinski definition) is 2. The third kappa shape index (κ3) is 6.73. The van der Waals surface area contributed by atoms with Crippen LogP contribution in [0.15, 0.2) is 23.0 Å². The van der Waals surface area contributed by atoms with Gasteiger partial charge in [-0.3, -0.25) is 24.0 Å². The van der Waals surface area contributed by atoms with Crippen LogP contribution in [0.3, 0.4) is 0 Å². The number of imide groups is 1. The number of imidazole rings is 1. The van der Waals surface area contributed by atoms with Gasteiger partial charge in [0.25, 0.3) is 0 Å². The third-order valence-corrected chi connectivity index (χ3v) is 5.60. The van der Waals surface area contributed by atoms with Crippen LogP contribution in [0.1, 0.15) is 24.4 Å². The van der Waals surface area contributed by atoms with Gasteiger partial charge in [0.05, 0.1) is 63.9 Å². The van der Waals surface area contributed by atoms with Gasteiger partial charge in [-0.05, 0) is 24.5 Å². The van der Waals surface area contributed by atoms with E-state index in [1.54, 1.807) is 11.6 Å². The largest absolute Gasteiger partial charge is 0.379 e. The summed E-state index contributed by atoms with van der Waals surface area (Å²) in [4.78, 5) is 36.8. The summed E-state index contributed by atoms with van der Waals surface area (Å²) < 4.78 is 24.8. The lowest BCUT2D eigenvalue weighted by Gasteiger charge is -2.21. The molecule has 3 rings (SSSR count). The molecule has 2 heterocycles. The normalized spacial score (nSPS) is 16.4. The van der Waals surface area contributed by atoms with Crippen molar-refractivity contribution < 1.29 is 28.5 Å². The third-order valence-electron chi connectivity index (χ3n) is 5.60. The summed E-state index contributed by atoms with van der Waals surface area (Å²) in [5.74, 6) is -0.748. The fourth-order valence-electron chi connectivity index (χ4n) is 3.98. The van der Waals surface area contributed by atoms with Crippen LogP contribution >= 0.6 is 0 Å². The predicted molar refractivity (Wildman–Crippen MR) is 125 cm³/mol. The fourth-order valence-corrected chi connectivity index (χ4v) is 3.98. The second kappa shape index (κ2) is 13.4. The van der Waals surface area contributed by atoms with Gasteiger partial charge < -0.3 is 24.7 Å². The number of nitrogens with two attached hydrogens (primary N) is 1. The minimum absolute atomic E-state index is 0.212. The lowest BCUT2D eigenvalue weighted by molar-refractivity contribution is -0.135. The van der Waals surface area contributed by atoms with E-state index in [4.69, 9.17) is 24.7 Å².